The fourth-order valence-electron chi connectivity index (χ4n) is 0. The van der Waals surface area contributed by atoms with Crippen molar-refractivity contribution in [3.8, 4) is 0 Å². The van der Waals surface area contributed by atoms with Crippen molar-refractivity contribution in [3.63, 3.8) is 0 Å². The Morgan fingerprint density at radius 1 is 1.44 bits per heavy atom. The van der Waals surface area contributed by atoms with Gasteiger partial charge in [0.2, 0.25) is 0 Å². The molecule has 0 aliphatic heterocycles. The van der Waals surface area contributed by atoms with Crippen molar-refractivity contribution < 1.29 is 9.59 Å². The number of rotatable bonds is 2. The van der Waals surface area contributed by atoms with Gasteiger partial charge in [0.1, 0.15) is 12.1 Å². The summed E-state index contributed by atoms with van der Waals surface area (Å²) in [5.41, 5.74) is 0. The molecule has 0 atom stereocenters. The number of carbonyl (C=O) groups excluding carboxylic acids is 2. The monoisotopic (exact) mass is 130 g/mol. The quantitative estimate of drug-likeness (QED) is 0.532. The van der Waals surface area contributed by atoms with Gasteiger partial charge in [-0.05, 0) is 6.92 Å². The first-order chi connectivity index (χ1) is 4.18. The SMILES string of the molecule is CCC(C)=O.CCC=O. The Kier molecular flexibility index (Phi) is 12.9. The van der Waals surface area contributed by atoms with Crippen LogP contribution in [-0.4, -0.2) is 12.1 Å². The first-order valence-electron chi connectivity index (χ1n) is 3.12. The maximum Gasteiger partial charge on any atom is 0.129 e. The van der Waals surface area contributed by atoms with Crippen LogP contribution < -0.4 is 0 Å². The van der Waals surface area contributed by atoms with E-state index in [0.717, 1.165) is 6.29 Å². The Labute approximate surface area is 56.3 Å². The van der Waals surface area contributed by atoms with Gasteiger partial charge in [0, 0.05) is 12.8 Å². The summed E-state index contributed by atoms with van der Waals surface area (Å²) in [4.78, 5) is 19.0. The molecule has 0 aliphatic rings. The highest BCUT2D eigenvalue weighted by Gasteiger charge is 1.76. The molecule has 0 saturated carbocycles. The summed E-state index contributed by atoms with van der Waals surface area (Å²) in [7, 11) is 0. The Hall–Kier alpha value is -0.660. The Balaban J connectivity index is 0. The molecule has 0 saturated heterocycles. The molecule has 2 heteroatoms. The maximum absolute atomic E-state index is 9.81. The van der Waals surface area contributed by atoms with Crippen LogP contribution >= 0.6 is 0 Å². The van der Waals surface area contributed by atoms with E-state index in [1.54, 1.807) is 6.92 Å². The van der Waals surface area contributed by atoms with Crippen molar-refractivity contribution in [1.82, 2.24) is 0 Å². The van der Waals surface area contributed by atoms with E-state index in [-0.39, 0.29) is 5.78 Å². The summed E-state index contributed by atoms with van der Waals surface area (Å²) >= 11 is 0. The van der Waals surface area contributed by atoms with E-state index in [9.17, 15) is 9.59 Å². The van der Waals surface area contributed by atoms with Gasteiger partial charge in [-0.2, -0.15) is 0 Å². The average Bonchev–Trinajstić information content (AvgIpc) is 1.89. The van der Waals surface area contributed by atoms with Crippen LogP contribution in [0.5, 0.6) is 0 Å². The molecule has 0 bridgehead atoms. The minimum absolute atomic E-state index is 0.255. The summed E-state index contributed by atoms with van der Waals surface area (Å²) < 4.78 is 0. The molecule has 0 aromatic rings. The van der Waals surface area contributed by atoms with Crippen molar-refractivity contribution in [2.24, 2.45) is 0 Å². The predicted octanol–water partition coefficient (Wildman–Crippen LogP) is 1.58. The van der Waals surface area contributed by atoms with Crippen LogP contribution in [0.4, 0.5) is 0 Å². The highest BCUT2D eigenvalue weighted by Crippen LogP contribution is 1.71. The molecule has 0 radical (unpaired) electrons. The third-order valence-electron chi connectivity index (χ3n) is 0.665. The number of hydrogen-bond acceptors (Lipinski definition) is 2. The number of Topliss-reactive ketones (excluding diaryl/α,β-unsaturated/α-hetero) is 1. The van der Waals surface area contributed by atoms with Crippen LogP contribution in [-0.2, 0) is 9.59 Å². The number of hydrogen-bond donors (Lipinski definition) is 0. The molecule has 0 spiro atoms. The minimum Gasteiger partial charge on any atom is -0.303 e. The van der Waals surface area contributed by atoms with Crippen LogP contribution in [0.1, 0.15) is 33.6 Å². The van der Waals surface area contributed by atoms with E-state index < -0.39 is 0 Å². The minimum atomic E-state index is 0.255. The third kappa shape index (κ3) is 38.2. The molecule has 54 valence electrons. The fourth-order valence-corrected chi connectivity index (χ4v) is 0. The first kappa shape index (κ1) is 11.2. The van der Waals surface area contributed by atoms with E-state index in [0.29, 0.717) is 12.8 Å². The Bertz CT molecular complexity index is 77.0. The molecule has 0 rings (SSSR count). The molecular weight excluding hydrogens is 116 g/mol. The summed E-state index contributed by atoms with van der Waals surface area (Å²) in [5.74, 6) is 0.255. The van der Waals surface area contributed by atoms with Gasteiger partial charge in [-0.15, -0.1) is 0 Å². The Morgan fingerprint density at radius 2 is 1.67 bits per heavy atom. The molecule has 0 heterocycles. The normalized spacial score (nSPS) is 7.00. The van der Waals surface area contributed by atoms with E-state index in [2.05, 4.69) is 0 Å². The maximum atomic E-state index is 9.81. The van der Waals surface area contributed by atoms with E-state index in [4.69, 9.17) is 0 Å². The zero-order valence-electron chi connectivity index (χ0n) is 6.31. The molecule has 2 nitrogen and oxygen atoms in total. The molecule has 0 N–H and O–H groups in total. The van der Waals surface area contributed by atoms with Crippen LogP contribution in [0.3, 0.4) is 0 Å². The largest absolute Gasteiger partial charge is 0.303 e. The van der Waals surface area contributed by atoms with Crippen LogP contribution in [0.2, 0.25) is 0 Å². The van der Waals surface area contributed by atoms with Crippen LogP contribution in [0.15, 0.2) is 0 Å². The molecule has 0 fully saturated rings. The second-order valence-electron chi connectivity index (χ2n) is 1.63. The lowest BCUT2D eigenvalue weighted by Crippen LogP contribution is -1.80. The van der Waals surface area contributed by atoms with Crippen molar-refractivity contribution in [2.75, 3.05) is 0 Å². The van der Waals surface area contributed by atoms with E-state index in [1.807, 2.05) is 13.8 Å². The zero-order valence-corrected chi connectivity index (χ0v) is 6.31. The molecule has 9 heavy (non-hydrogen) atoms. The highest BCUT2D eigenvalue weighted by molar-refractivity contribution is 5.74. The second-order valence-corrected chi connectivity index (χ2v) is 1.63. The van der Waals surface area contributed by atoms with Gasteiger partial charge in [0.25, 0.3) is 0 Å². The van der Waals surface area contributed by atoms with Crippen LogP contribution in [0.25, 0.3) is 0 Å². The molecule has 0 unspecified atom stereocenters. The van der Waals surface area contributed by atoms with Crippen molar-refractivity contribution in [1.29, 1.82) is 0 Å². The summed E-state index contributed by atoms with van der Waals surface area (Å²) in [5, 5.41) is 0. The molecule has 0 aliphatic carbocycles. The number of aldehydes is 1. The second kappa shape index (κ2) is 10.3. The topological polar surface area (TPSA) is 34.1 Å². The lowest BCUT2D eigenvalue weighted by molar-refractivity contribution is -0.116. The standard InChI is InChI=1S/C4H8O.C3H6O/c1-3-4(2)5;1-2-3-4/h3H2,1-2H3;3H,2H2,1H3. The van der Waals surface area contributed by atoms with Crippen LogP contribution in [0, 0.1) is 0 Å². The van der Waals surface area contributed by atoms with Crippen molar-refractivity contribution >= 4 is 12.1 Å². The average molecular weight is 130 g/mol. The number of ketones is 1. The smallest absolute Gasteiger partial charge is 0.129 e. The van der Waals surface area contributed by atoms with E-state index in [1.165, 1.54) is 0 Å². The van der Waals surface area contributed by atoms with Gasteiger partial charge in [-0.1, -0.05) is 13.8 Å². The van der Waals surface area contributed by atoms with Gasteiger partial charge in [0.15, 0.2) is 0 Å². The highest BCUT2D eigenvalue weighted by atomic mass is 16.1. The van der Waals surface area contributed by atoms with Gasteiger partial charge in [0.05, 0.1) is 0 Å². The van der Waals surface area contributed by atoms with Gasteiger partial charge < -0.3 is 9.59 Å². The summed E-state index contributed by atoms with van der Waals surface area (Å²) in [6, 6.07) is 0. The Morgan fingerprint density at radius 3 is 1.67 bits per heavy atom. The summed E-state index contributed by atoms with van der Waals surface area (Å²) in [6.07, 6.45) is 2.18. The third-order valence-corrected chi connectivity index (χ3v) is 0.665. The lowest BCUT2D eigenvalue weighted by Gasteiger charge is -1.71. The molecule has 0 aromatic carbocycles. The molecule has 0 aromatic heterocycles. The first-order valence-corrected chi connectivity index (χ1v) is 3.12. The van der Waals surface area contributed by atoms with Gasteiger partial charge in [-0.25, -0.2) is 0 Å². The predicted molar refractivity (Wildman–Crippen MR) is 37.3 cm³/mol. The molecule has 0 amide bonds. The fraction of sp³-hybridized carbons (Fsp3) is 0.714. The van der Waals surface area contributed by atoms with Gasteiger partial charge in [-0.3, -0.25) is 0 Å². The zero-order chi connectivity index (χ0) is 7.70. The lowest BCUT2D eigenvalue weighted by atomic mass is 10.4. The van der Waals surface area contributed by atoms with E-state index >= 15 is 0 Å². The summed E-state index contributed by atoms with van der Waals surface area (Å²) in [6.45, 7) is 5.25. The molecular formula is C7H14O2. The number of carbonyl (C=O) groups is 2. The van der Waals surface area contributed by atoms with Gasteiger partial charge >= 0.3 is 0 Å². The van der Waals surface area contributed by atoms with Crippen molar-refractivity contribution in [3.05, 3.63) is 0 Å². The van der Waals surface area contributed by atoms with Crippen molar-refractivity contribution in [2.45, 2.75) is 33.6 Å².